The summed E-state index contributed by atoms with van der Waals surface area (Å²) >= 11 is 0. The SMILES string of the molecule is CCCC1CCC(c2nc(N)c(CC(=O)O)c(=O)[nH]2)CC1. The van der Waals surface area contributed by atoms with E-state index < -0.39 is 17.9 Å². The van der Waals surface area contributed by atoms with Crippen molar-refractivity contribution in [2.75, 3.05) is 5.73 Å². The third-order valence-corrected chi connectivity index (χ3v) is 4.32. The van der Waals surface area contributed by atoms with E-state index in [1.807, 2.05) is 0 Å². The second kappa shape index (κ2) is 6.74. The van der Waals surface area contributed by atoms with E-state index in [4.69, 9.17) is 10.8 Å². The lowest BCUT2D eigenvalue weighted by molar-refractivity contribution is -0.136. The van der Waals surface area contributed by atoms with Crippen molar-refractivity contribution in [1.29, 1.82) is 0 Å². The van der Waals surface area contributed by atoms with Crippen LogP contribution in [0, 0.1) is 5.92 Å². The number of H-pyrrole nitrogens is 1. The van der Waals surface area contributed by atoms with E-state index in [9.17, 15) is 9.59 Å². The molecule has 0 atom stereocenters. The fourth-order valence-electron chi connectivity index (χ4n) is 3.18. The molecule has 0 amide bonds. The maximum absolute atomic E-state index is 12.0. The van der Waals surface area contributed by atoms with Crippen LogP contribution in [0.15, 0.2) is 4.79 Å². The second-order valence-electron chi connectivity index (χ2n) is 5.89. The molecule has 0 bridgehead atoms. The molecule has 1 aromatic heterocycles. The Balaban J connectivity index is 2.12. The van der Waals surface area contributed by atoms with E-state index in [0.29, 0.717) is 5.82 Å². The number of nitrogens with zero attached hydrogens (tertiary/aromatic N) is 1. The summed E-state index contributed by atoms with van der Waals surface area (Å²) < 4.78 is 0. The molecule has 4 N–H and O–H groups in total. The number of nitrogens with two attached hydrogens (primary N) is 1. The van der Waals surface area contributed by atoms with Gasteiger partial charge in [-0.2, -0.15) is 0 Å². The van der Waals surface area contributed by atoms with Crippen LogP contribution in [0.4, 0.5) is 5.82 Å². The molecule has 1 saturated carbocycles. The molecule has 6 heteroatoms. The number of aromatic nitrogens is 2. The molecule has 0 aromatic carbocycles. The molecule has 0 aliphatic heterocycles. The van der Waals surface area contributed by atoms with E-state index in [2.05, 4.69) is 16.9 Å². The van der Waals surface area contributed by atoms with Gasteiger partial charge < -0.3 is 15.8 Å². The lowest BCUT2D eigenvalue weighted by Crippen LogP contribution is -2.24. The zero-order valence-electron chi connectivity index (χ0n) is 12.4. The second-order valence-corrected chi connectivity index (χ2v) is 5.89. The number of hydrogen-bond donors (Lipinski definition) is 3. The van der Waals surface area contributed by atoms with Gasteiger partial charge in [0.25, 0.3) is 5.56 Å². The van der Waals surface area contributed by atoms with E-state index in [-0.39, 0.29) is 17.3 Å². The van der Waals surface area contributed by atoms with Gasteiger partial charge >= 0.3 is 5.97 Å². The maximum atomic E-state index is 12.0. The van der Waals surface area contributed by atoms with Crippen molar-refractivity contribution in [2.24, 2.45) is 5.92 Å². The van der Waals surface area contributed by atoms with Crippen molar-refractivity contribution in [3.63, 3.8) is 0 Å². The topological polar surface area (TPSA) is 109 Å². The lowest BCUT2D eigenvalue weighted by atomic mass is 9.80. The molecule has 1 aromatic rings. The number of aromatic amines is 1. The van der Waals surface area contributed by atoms with Crippen molar-refractivity contribution < 1.29 is 9.90 Å². The molecule has 116 valence electrons. The molecule has 0 saturated heterocycles. The minimum atomic E-state index is -1.08. The van der Waals surface area contributed by atoms with Crippen molar-refractivity contribution in [3.8, 4) is 0 Å². The van der Waals surface area contributed by atoms with Gasteiger partial charge in [0.15, 0.2) is 0 Å². The molecule has 6 nitrogen and oxygen atoms in total. The first-order chi connectivity index (χ1) is 10.0. The molecule has 0 spiro atoms. The molecular weight excluding hydrogens is 270 g/mol. The van der Waals surface area contributed by atoms with Gasteiger partial charge in [-0.15, -0.1) is 0 Å². The van der Waals surface area contributed by atoms with Crippen LogP contribution in [-0.2, 0) is 11.2 Å². The summed E-state index contributed by atoms with van der Waals surface area (Å²) in [7, 11) is 0. The summed E-state index contributed by atoms with van der Waals surface area (Å²) in [6, 6.07) is 0. The number of carboxylic acids is 1. The summed E-state index contributed by atoms with van der Waals surface area (Å²) in [6.45, 7) is 2.20. The highest BCUT2D eigenvalue weighted by atomic mass is 16.4. The molecule has 2 rings (SSSR count). The Hall–Kier alpha value is -1.85. The van der Waals surface area contributed by atoms with Crippen LogP contribution >= 0.6 is 0 Å². The smallest absolute Gasteiger partial charge is 0.308 e. The minimum absolute atomic E-state index is 0.0471. The molecule has 0 unspecified atom stereocenters. The Kier molecular flexibility index (Phi) is 4.98. The van der Waals surface area contributed by atoms with Crippen LogP contribution in [0.5, 0.6) is 0 Å². The predicted octanol–water partition coefficient (Wildman–Crippen LogP) is 2.05. The number of nitrogens with one attached hydrogen (secondary N) is 1. The number of nitrogen functional groups attached to an aromatic ring is 1. The first kappa shape index (κ1) is 15.5. The minimum Gasteiger partial charge on any atom is -0.481 e. The molecule has 21 heavy (non-hydrogen) atoms. The average molecular weight is 293 g/mol. The Labute approximate surface area is 123 Å². The Morgan fingerprint density at radius 1 is 1.38 bits per heavy atom. The van der Waals surface area contributed by atoms with E-state index in [1.54, 1.807) is 0 Å². The third kappa shape index (κ3) is 3.83. The molecule has 1 heterocycles. The van der Waals surface area contributed by atoms with Gasteiger partial charge in [-0.3, -0.25) is 9.59 Å². The van der Waals surface area contributed by atoms with Crippen LogP contribution < -0.4 is 11.3 Å². The lowest BCUT2D eigenvalue weighted by Gasteiger charge is -2.27. The van der Waals surface area contributed by atoms with Gasteiger partial charge in [0, 0.05) is 5.92 Å². The Morgan fingerprint density at radius 3 is 2.57 bits per heavy atom. The Bertz CT molecular complexity index is 560. The first-order valence-corrected chi connectivity index (χ1v) is 7.61. The number of rotatable bonds is 5. The van der Waals surface area contributed by atoms with Crippen molar-refractivity contribution in [2.45, 2.75) is 57.8 Å². The van der Waals surface area contributed by atoms with Crippen LogP contribution in [0.3, 0.4) is 0 Å². The zero-order valence-corrected chi connectivity index (χ0v) is 12.4. The first-order valence-electron chi connectivity index (χ1n) is 7.61. The fourth-order valence-corrected chi connectivity index (χ4v) is 3.18. The highest BCUT2D eigenvalue weighted by Crippen LogP contribution is 2.36. The normalized spacial score (nSPS) is 22.1. The van der Waals surface area contributed by atoms with Crippen LogP contribution in [0.25, 0.3) is 0 Å². The van der Waals surface area contributed by atoms with Gasteiger partial charge in [-0.05, 0) is 31.6 Å². The van der Waals surface area contributed by atoms with Gasteiger partial charge in [0.2, 0.25) is 0 Å². The molecular formula is C15H23N3O3. The fraction of sp³-hybridized carbons (Fsp3) is 0.667. The van der Waals surface area contributed by atoms with Crippen molar-refractivity contribution in [1.82, 2.24) is 9.97 Å². The molecule has 0 radical (unpaired) electrons. The molecule has 1 aliphatic carbocycles. The van der Waals surface area contributed by atoms with Crippen molar-refractivity contribution in [3.05, 3.63) is 21.7 Å². The third-order valence-electron chi connectivity index (χ3n) is 4.32. The number of carbonyl (C=O) groups is 1. The summed E-state index contributed by atoms with van der Waals surface area (Å²) in [5.41, 5.74) is 5.38. The number of anilines is 1. The van der Waals surface area contributed by atoms with Gasteiger partial charge in [-0.25, -0.2) is 4.98 Å². The highest BCUT2D eigenvalue weighted by Gasteiger charge is 2.24. The largest absolute Gasteiger partial charge is 0.481 e. The number of aliphatic carboxylic acids is 1. The quantitative estimate of drug-likeness (QED) is 0.769. The van der Waals surface area contributed by atoms with Crippen molar-refractivity contribution >= 4 is 11.8 Å². The van der Waals surface area contributed by atoms with Crippen LogP contribution in [0.2, 0.25) is 0 Å². The summed E-state index contributed by atoms with van der Waals surface area (Å²) in [6.07, 6.45) is 6.39. The summed E-state index contributed by atoms with van der Waals surface area (Å²) in [5, 5.41) is 8.78. The standard InChI is InChI=1S/C15H23N3O3/c1-2-3-9-4-6-10(7-5-9)14-17-13(16)11(8-12(19)20)15(21)18-14/h9-10H,2-8H2,1H3,(H,19,20)(H3,16,17,18,21). The van der Waals surface area contributed by atoms with E-state index in [1.165, 1.54) is 12.8 Å². The van der Waals surface area contributed by atoms with Crippen LogP contribution in [-0.4, -0.2) is 21.0 Å². The summed E-state index contributed by atoms with van der Waals surface area (Å²) in [5.74, 6) is 0.587. The number of carboxylic acid groups (broad SMARTS) is 1. The van der Waals surface area contributed by atoms with Crippen LogP contribution in [0.1, 0.15) is 62.8 Å². The monoisotopic (exact) mass is 293 g/mol. The van der Waals surface area contributed by atoms with E-state index in [0.717, 1.165) is 31.6 Å². The molecule has 1 aliphatic rings. The van der Waals surface area contributed by atoms with Gasteiger partial charge in [0.05, 0.1) is 12.0 Å². The Morgan fingerprint density at radius 2 is 2.05 bits per heavy atom. The highest BCUT2D eigenvalue weighted by molar-refractivity contribution is 5.71. The zero-order chi connectivity index (χ0) is 15.4. The maximum Gasteiger partial charge on any atom is 0.308 e. The average Bonchev–Trinajstić information content (AvgIpc) is 2.43. The number of hydrogen-bond acceptors (Lipinski definition) is 4. The van der Waals surface area contributed by atoms with Gasteiger partial charge in [-0.1, -0.05) is 19.8 Å². The van der Waals surface area contributed by atoms with E-state index >= 15 is 0 Å². The molecule has 1 fully saturated rings. The predicted molar refractivity (Wildman–Crippen MR) is 80.2 cm³/mol. The summed E-state index contributed by atoms with van der Waals surface area (Å²) in [4.78, 5) is 29.7. The van der Waals surface area contributed by atoms with Gasteiger partial charge in [0.1, 0.15) is 11.6 Å².